The molecule has 1 rings (SSSR count). The van der Waals surface area contributed by atoms with Crippen LogP contribution in [0.1, 0.15) is 5.69 Å². The Labute approximate surface area is 109 Å². The topological polar surface area (TPSA) is 94.6 Å². The Hall–Kier alpha value is -1.83. The van der Waals surface area contributed by atoms with Gasteiger partial charge in [-0.1, -0.05) is 0 Å². The van der Waals surface area contributed by atoms with Gasteiger partial charge >= 0.3 is 12.0 Å². The van der Waals surface area contributed by atoms with E-state index in [1.807, 2.05) is 0 Å². The molecule has 0 aromatic carbocycles. The lowest BCUT2D eigenvalue weighted by atomic mass is 10.3. The predicted molar refractivity (Wildman–Crippen MR) is 69.0 cm³/mol. The van der Waals surface area contributed by atoms with Crippen molar-refractivity contribution < 1.29 is 14.7 Å². The zero-order valence-electron chi connectivity index (χ0n) is 10.3. The standard InChI is InChI=1S/C10H16N4O3S/c1-14(2)10(17)12-4-3-11-9-13-7(6-18-9)5-8(15)16/h6H,3-5H2,1-2H3,(H,11,13)(H,12,17)(H,15,16). The molecule has 2 amide bonds. The van der Waals surface area contributed by atoms with Gasteiger partial charge in [0.25, 0.3) is 0 Å². The quantitative estimate of drug-likeness (QED) is 0.654. The minimum absolute atomic E-state index is 0.0739. The van der Waals surface area contributed by atoms with Crippen LogP contribution >= 0.6 is 11.3 Å². The number of hydrogen-bond acceptors (Lipinski definition) is 5. The lowest BCUT2D eigenvalue weighted by molar-refractivity contribution is -0.136. The highest BCUT2D eigenvalue weighted by molar-refractivity contribution is 7.13. The van der Waals surface area contributed by atoms with Crippen molar-refractivity contribution in [2.24, 2.45) is 0 Å². The molecule has 3 N–H and O–H groups in total. The smallest absolute Gasteiger partial charge is 0.316 e. The van der Waals surface area contributed by atoms with E-state index in [9.17, 15) is 9.59 Å². The molecule has 1 aromatic heterocycles. The Morgan fingerprint density at radius 2 is 2.17 bits per heavy atom. The maximum atomic E-state index is 11.2. The van der Waals surface area contributed by atoms with E-state index < -0.39 is 5.97 Å². The van der Waals surface area contributed by atoms with Crippen LogP contribution in [0.15, 0.2) is 5.38 Å². The van der Waals surface area contributed by atoms with Crippen molar-refractivity contribution >= 4 is 28.5 Å². The fourth-order valence-corrected chi connectivity index (χ4v) is 1.86. The number of rotatable bonds is 6. The molecule has 18 heavy (non-hydrogen) atoms. The van der Waals surface area contributed by atoms with E-state index in [0.29, 0.717) is 23.9 Å². The summed E-state index contributed by atoms with van der Waals surface area (Å²) in [6.07, 6.45) is -0.0739. The number of carboxylic acid groups (broad SMARTS) is 1. The molecule has 1 heterocycles. The van der Waals surface area contributed by atoms with E-state index in [1.54, 1.807) is 19.5 Å². The van der Waals surface area contributed by atoms with E-state index in [4.69, 9.17) is 5.11 Å². The summed E-state index contributed by atoms with van der Waals surface area (Å²) in [5.41, 5.74) is 0.535. The van der Waals surface area contributed by atoms with Crippen molar-refractivity contribution in [2.75, 3.05) is 32.5 Å². The van der Waals surface area contributed by atoms with E-state index >= 15 is 0 Å². The maximum absolute atomic E-state index is 11.2. The van der Waals surface area contributed by atoms with Crippen molar-refractivity contribution in [1.82, 2.24) is 15.2 Å². The summed E-state index contributed by atoms with van der Waals surface area (Å²) < 4.78 is 0. The third-order valence-corrected chi connectivity index (χ3v) is 2.82. The van der Waals surface area contributed by atoms with Gasteiger partial charge in [-0.05, 0) is 0 Å². The highest BCUT2D eigenvalue weighted by Crippen LogP contribution is 2.15. The zero-order valence-corrected chi connectivity index (χ0v) is 11.1. The van der Waals surface area contributed by atoms with Gasteiger partial charge in [0, 0.05) is 32.6 Å². The first-order valence-electron chi connectivity index (χ1n) is 5.34. The number of anilines is 1. The lowest BCUT2D eigenvalue weighted by Gasteiger charge is -2.11. The van der Waals surface area contributed by atoms with Crippen LogP contribution in [0, 0.1) is 0 Å². The summed E-state index contributed by atoms with van der Waals surface area (Å²) >= 11 is 1.35. The molecule has 1 aromatic rings. The molecule has 0 unspecified atom stereocenters. The number of aromatic nitrogens is 1. The second kappa shape index (κ2) is 6.80. The van der Waals surface area contributed by atoms with Gasteiger partial charge in [0.1, 0.15) is 0 Å². The molecule has 0 fully saturated rings. The number of nitrogens with one attached hydrogen (secondary N) is 2. The number of thiazole rings is 1. The highest BCUT2D eigenvalue weighted by Gasteiger charge is 2.06. The maximum Gasteiger partial charge on any atom is 0.316 e. The van der Waals surface area contributed by atoms with Gasteiger partial charge in [-0.3, -0.25) is 4.79 Å². The second-order valence-corrected chi connectivity index (χ2v) is 4.63. The molecule has 0 atom stereocenters. The number of carbonyl (C=O) groups is 2. The fraction of sp³-hybridized carbons (Fsp3) is 0.500. The van der Waals surface area contributed by atoms with Gasteiger partial charge in [-0.15, -0.1) is 11.3 Å². The van der Waals surface area contributed by atoms with E-state index in [1.165, 1.54) is 16.2 Å². The first-order chi connectivity index (χ1) is 8.49. The van der Waals surface area contributed by atoms with Gasteiger partial charge in [0.05, 0.1) is 12.1 Å². The van der Waals surface area contributed by atoms with Crippen LogP contribution in [0.4, 0.5) is 9.93 Å². The number of amides is 2. The molecule has 0 aliphatic rings. The number of hydrogen-bond donors (Lipinski definition) is 3. The van der Waals surface area contributed by atoms with E-state index in [0.717, 1.165) is 0 Å². The second-order valence-electron chi connectivity index (χ2n) is 3.77. The van der Waals surface area contributed by atoms with Crippen molar-refractivity contribution in [2.45, 2.75) is 6.42 Å². The molecule has 0 bridgehead atoms. The van der Waals surface area contributed by atoms with Crippen molar-refractivity contribution in [1.29, 1.82) is 0 Å². The van der Waals surface area contributed by atoms with Crippen molar-refractivity contribution in [3.63, 3.8) is 0 Å². The van der Waals surface area contributed by atoms with Gasteiger partial charge in [-0.25, -0.2) is 9.78 Å². The number of nitrogens with zero attached hydrogens (tertiary/aromatic N) is 2. The van der Waals surface area contributed by atoms with E-state index in [2.05, 4.69) is 15.6 Å². The van der Waals surface area contributed by atoms with Gasteiger partial charge in [-0.2, -0.15) is 0 Å². The molecule has 0 radical (unpaired) electrons. The third-order valence-electron chi connectivity index (χ3n) is 1.97. The minimum atomic E-state index is -0.898. The van der Waals surface area contributed by atoms with Crippen LogP contribution in [0.2, 0.25) is 0 Å². The largest absolute Gasteiger partial charge is 0.481 e. The van der Waals surface area contributed by atoms with E-state index in [-0.39, 0.29) is 12.5 Å². The number of urea groups is 1. The van der Waals surface area contributed by atoms with Crippen LogP contribution in [0.25, 0.3) is 0 Å². The molecule has 0 aliphatic heterocycles. The summed E-state index contributed by atoms with van der Waals surface area (Å²) in [7, 11) is 3.34. The molecule has 0 spiro atoms. The van der Waals surface area contributed by atoms with Gasteiger partial charge in [0.15, 0.2) is 5.13 Å². The predicted octanol–water partition coefficient (Wildman–Crippen LogP) is 0.453. The zero-order chi connectivity index (χ0) is 13.5. The fourth-order valence-electron chi connectivity index (χ4n) is 1.12. The van der Waals surface area contributed by atoms with Crippen LogP contribution in [0.5, 0.6) is 0 Å². The van der Waals surface area contributed by atoms with Crippen molar-refractivity contribution in [3.8, 4) is 0 Å². The Balaban J connectivity index is 2.25. The molecular weight excluding hydrogens is 256 g/mol. The molecular formula is C10H16N4O3S. The summed E-state index contributed by atoms with van der Waals surface area (Å²) in [4.78, 5) is 27.2. The summed E-state index contributed by atoms with van der Waals surface area (Å²) in [5.74, 6) is -0.898. The Kier molecular flexibility index (Phi) is 5.37. The first kappa shape index (κ1) is 14.2. The number of aliphatic carboxylic acids is 1. The van der Waals surface area contributed by atoms with Crippen LogP contribution in [0.3, 0.4) is 0 Å². The van der Waals surface area contributed by atoms with Crippen LogP contribution in [-0.2, 0) is 11.2 Å². The van der Waals surface area contributed by atoms with Crippen molar-refractivity contribution in [3.05, 3.63) is 11.1 Å². The Morgan fingerprint density at radius 1 is 1.44 bits per heavy atom. The summed E-state index contributed by atoms with van der Waals surface area (Å²) in [6.45, 7) is 1.02. The third kappa shape index (κ3) is 5.00. The SMILES string of the molecule is CN(C)C(=O)NCCNc1nc(CC(=O)O)cs1. The molecule has 100 valence electrons. The first-order valence-corrected chi connectivity index (χ1v) is 6.22. The number of carboxylic acids is 1. The summed E-state index contributed by atoms with van der Waals surface area (Å²) in [6, 6.07) is -0.150. The summed E-state index contributed by atoms with van der Waals surface area (Å²) in [5, 5.41) is 16.7. The molecule has 0 saturated heterocycles. The Bertz CT molecular complexity index is 419. The van der Waals surface area contributed by atoms with Crippen LogP contribution in [-0.4, -0.2) is 54.2 Å². The van der Waals surface area contributed by atoms with Gasteiger partial charge in [0.2, 0.25) is 0 Å². The number of carbonyl (C=O) groups excluding carboxylic acids is 1. The highest BCUT2D eigenvalue weighted by atomic mass is 32.1. The lowest BCUT2D eigenvalue weighted by Crippen LogP contribution is -2.37. The van der Waals surface area contributed by atoms with Crippen LogP contribution < -0.4 is 10.6 Å². The molecule has 0 saturated carbocycles. The van der Waals surface area contributed by atoms with Gasteiger partial charge < -0.3 is 20.6 Å². The molecule has 0 aliphatic carbocycles. The normalized spacial score (nSPS) is 9.89. The average molecular weight is 272 g/mol. The minimum Gasteiger partial charge on any atom is -0.481 e. The Morgan fingerprint density at radius 3 is 2.78 bits per heavy atom. The molecule has 8 heteroatoms. The average Bonchev–Trinajstić information content (AvgIpc) is 2.70. The monoisotopic (exact) mass is 272 g/mol. The molecule has 7 nitrogen and oxygen atoms in total.